The fourth-order valence-electron chi connectivity index (χ4n) is 0.666. The van der Waals surface area contributed by atoms with Crippen LogP contribution in [-0.4, -0.2) is 4.09 Å². The normalized spacial score (nSPS) is 9.75. The molecule has 1 aromatic heterocycles. The lowest BCUT2D eigenvalue weighted by Crippen LogP contribution is -1.83. The molecule has 44 valence electrons. The molecule has 0 fully saturated rings. The largest absolute Gasteiger partial charge is 0.265 e. The number of nitrogens with zero attached hydrogens (tertiary/aromatic N) is 1. The SMILES string of the molecule is CCc1cccn1Cl. The molecular formula is C6H8ClN. The van der Waals surface area contributed by atoms with Gasteiger partial charge in [-0.2, -0.15) is 0 Å². The minimum Gasteiger partial charge on any atom is -0.265 e. The molecule has 1 nitrogen and oxygen atoms in total. The zero-order valence-corrected chi connectivity index (χ0v) is 5.52. The lowest BCUT2D eigenvalue weighted by Gasteiger charge is -1.91. The molecule has 1 aromatic rings. The summed E-state index contributed by atoms with van der Waals surface area (Å²) in [7, 11) is 0. The maximum Gasteiger partial charge on any atom is 0.0346 e. The topological polar surface area (TPSA) is 4.93 Å². The van der Waals surface area contributed by atoms with Crippen LogP contribution in [-0.2, 0) is 6.42 Å². The molecule has 0 saturated carbocycles. The van der Waals surface area contributed by atoms with Gasteiger partial charge in [-0.05, 0) is 18.6 Å². The van der Waals surface area contributed by atoms with Gasteiger partial charge in [0.2, 0.25) is 0 Å². The molecule has 0 saturated heterocycles. The van der Waals surface area contributed by atoms with Crippen molar-refractivity contribution < 1.29 is 0 Å². The van der Waals surface area contributed by atoms with Crippen LogP contribution in [0, 0.1) is 0 Å². The van der Waals surface area contributed by atoms with Crippen LogP contribution < -0.4 is 0 Å². The van der Waals surface area contributed by atoms with Gasteiger partial charge in [-0.25, -0.2) is 0 Å². The predicted octanol–water partition coefficient (Wildman–Crippen LogP) is 2.05. The van der Waals surface area contributed by atoms with Crippen LogP contribution in [0.1, 0.15) is 12.6 Å². The monoisotopic (exact) mass is 129 g/mol. The Morgan fingerprint density at radius 1 is 1.75 bits per heavy atom. The molecule has 0 aliphatic heterocycles. The minimum atomic E-state index is 0.997. The van der Waals surface area contributed by atoms with Crippen molar-refractivity contribution in [3.63, 3.8) is 0 Å². The molecule has 0 spiro atoms. The van der Waals surface area contributed by atoms with Crippen molar-refractivity contribution in [2.75, 3.05) is 0 Å². The van der Waals surface area contributed by atoms with Crippen molar-refractivity contribution in [1.82, 2.24) is 4.09 Å². The Morgan fingerprint density at radius 2 is 2.50 bits per heavy atom. The van der Waals surface area contributed by atoms with Crippen LogP contribution >= 0.6 is 11.8 Å². The Balaban J connectivity index is 2.92. The van der Waals surface area contributed by atoms with Crippen LogP contribution in [0.5, 0.6) is 0 Å². The molecule has 0 aromatic carbocycles. The summed E-state index contributed by atoms with van der Waals surface area (Å²) in [5.41, 5.74) is 1.16. The van der Waals surface area contributed by atoms with Gasteiger partial charge in [-0.15, -0.1) is 0 Å². The maximum atomic E-state index is 5.66. The highest BCUT2D eigenvalue weighted by atomic mass is 35.5. The van der Waals surface area contributed by atoms with E-state index in [1.54, 1.807) is 4.09 Å². The Hall–Kier alpha value is -0.430. The number of hydrogen-bond acceptors (Lipinski definition) is 0. The summed E-state index contributed by atoms with van der Waals surface area (Å²) in [4.78, 5) is 0. The summed E-state index contributed by atoms with van der Waals surface area (Å²) >= 11 is 5.66. The number of rotatable bonds is 1. The summed E-state index contributed by atoms with van der Waals surface area (Å²) < 4.78 is 1.61. The van der Waals surface area contributed by atoms with Gasteiger partial charge >= 0.3 is 0 Å². The van der Waals surface area contributed by atoms with Gasteiger partial charge in [0.15, 0.2) is 0 Å². The Labute approximate surface area is 54.0 Å². The van der Waals surface area contributed by atoms with E-state index in [1.807, 2.05) is 18.3 Å². The van der Waals surface area contributed by atoms with Gasteiger partial charge in [0.25, 0.3) is 0 Å². The van der Waals surface area contributed by atoms with Crippen molar-refractivity contribution in [1.29, 1.82) is 0 Å². The Kier molecular flexibility index (Phi) is 1.59. The second kappa shape index (κ2) is 2.23. The number of aryl methyl sites for hydroxylation is 1. The first-order chi connectivity index (χ1) is 3.84. The van der Waals surface area contributed by atoms with E-state index in [-0.39, 0.29) is 0 Å². The standard InChI is InChI=1S/C6H8ClN/c1-2-6-4-3-5-8(6)7/h3-5H,2H2,1H3. The average Bonchev–Trinajstić information content (AvgIpc) is 2.14. The molecule has 1 heterocycles. The molecule has 0 bridgehead atoms. The average molecular weight is 130 g/mol. The lowest BCUT2D eigenvalue weighted by atomic mass is 10.3. The van der Waals surface area contributed by atoms with E-state index in [2.05, 4.69) is 6.92 Å². The fourth-order valence-corrected chi connectivity index (χ4v) is 0.906. The summed E-state index contributed by atoms with van der Waals surface area (Å²) in [6.07, 6.45) is 2.83. The molecule has 0 N–H and O–H groups in total. The third kappa shape index (κ3) is 0.869. The van der Waals surface area contributed by atoms with Gasteiger partial charge in [-0.1, -0.05) is 6.92 Å². The van der Waals surface area contributed by atoms with E-state index in [4.69, 9.17) is 11.8 Å². The zero-order valence-electron chi connectivity index (χ0n) is 4.76. The first kappa shape index (κ1) is 5.70. The third-order valence-electron chi connectivity index (χ3n) is 1.14. The predicted molar refractivity (Wildman–Crippen MR) is 35.1 cm³/mol. The van der Waals surface area contributed by atoms with E-state index in [1.165, 1.54) is 0 Å². The van der Waals surface area contributed by atoms with Crippen molar-refractivity contribution >= 4 is 11.8 Å². The van der Waals surface area contributed by atoms with Crippen LogP contribution in [0.2, 0.25) is 0 Å². The van der Waals surface area contributed by atoms with E-state index >= 15 is 0 Å². The van der Waals surface area contributed by atoms with Crippen molar-refractivity contribution in [3.8, 4) is 0 Å². The molecule has 0 amide bonds. The Bertz CT molecular complexity index is 169. The second-order valence-corrected chi connectivity index (χ2v) is 2.03. The second-order valence-electron chi connectivity index (χ2n) is 1.66. The van der Waals surface area contributed by atoms with E-state index in [0.717, 1.165) is 12.1 Å². The summed E-state index contributed by atoms with van der Waals surface area (Å²) in [5, 5.41) is 0. The summed E-state index contributed by atoms with van der Waals surface area (Å²) in [6, 6.07) is 3.94. The molecular weight excluding hydrogens is 122 g/mol. The van der Waals surface area contributed by atoms with E-state index < -0.39 is 0 Å². The van der Waals surface area contributed by atoms with Gasteiger partial charge in [-0.3, -0.25) is 4.09 Å². The van der Waals surface area contributed by atoms with Crippen LogP contribution in [0.3, 0.4) is 0 Å². The maximum absolute atomic E-state index is 5.66. The van der Waals surface area contributed by atoms with E-state index in [9.17, 15) is 0 Å². The van der Waals surface area contributed by atoms with Crippen molar-refractivity contribution in [3.05, 3.63) is 24.0 Å². The molecule has 0 unspecified atom stereocenters. The summed E-state index contributed by atoms with van der Waals surface area (Å²) in [6.45, 7) is 2.08. The number of aromatic nitrogens is 1. The van der Waals surface area contributed by atoms with Crippen molar-refractivity contribution in [2.24, 2.45) is 0 Å². The first-order valence-electron chi connectivity index (χ1n) is 2.67. The molecule has 0 aliphatic carbocycles. The smallest absolute Gasteiger partial charge is 0.0346 e. The highest BCUT2D eigenvalue weighted by molar-refractivity contribution is 6.15. The third-order valence-corrected chi connectivity index (χ3v) is 1.47. The molecule has 0 aliphatic rings. The summed E-state index contributed by atoms with van der Waals surface area (Å²) in [5.74, 6) is 0. The molecule has 0 radical (unpaired) electrons. The van der Waals surface area contributed by atoms with Crippen LogP contribution in [0.15, 0.2) is 18.3 Å². The van der Waals surface area contributed by atoms with E-state index in [0.29, 0.717) is 0 Å². The highest BCUT2D eigenvalue weighted by Gasteiger charge is 1.90. The number of hydrogen-bond donors (Lipinski definition) is 0. The quantitative estimate of drug-likeness (QED) is 0.547. The lowest BCUT2D eigenvalue weighted by molar-refractivity contribution is 1.02. The minimum absolute atomic E-state index is 0.997. The van der Waals surface area contributed by atoms with Gasteiger partial charge in [0.1, 0.15) is 0 Å². The number of halogens is 1. The molecule has 2 heteroatoms. The Morgan fingerprint density at radius 3 is 2.75 bits per heavy atom. The van der Waals surface area contributed by atoms with Gasteiger partial charge < -0.3 is 0 Å². The molecule has 0 atom stereocenters. The fraction of sp³-hybridized carbons (Fsp3) is 0.333. The van der Waals surface area contributed by atoms with Gasteiger partial charge in [0, 0.05) is 23.7 Å². The van der Waals surface area contributed by atoms with Crippen molar-refractivity contribution in [2.45, 2.75) is 13.3 Å². The molecule has 8 heavy (non-hydrogen) atoms. The zero-order chi connectivity index (χ0) is 5.98. The van der Waals surface area contributed by atoms with Gasteiger partial charge in [0.05, 0.1) is 0 Å². The molecule has 1 rings (SSSR count). The highest BCUT2D eigenvalue weighted by Crippen LogP contribution is 2.03. The van der Waals surface area contributed by atoms with Crippen LogP contribution in [0.4, 0.5) is 0 Å². The first-order valence-corrected chi connectivity index (χ1v) is 3.00. The van der Waals surface area contributed by atoms with Crippen LogP contribution in [0.25, 0.3) is 0 Å².